The largest absolute Gasteiger partial charge is 0.388 e. The summed E-state index contributed by atoms with van der Waals surface area (Å²) in [6.07, 6.45) is -1.63. The number of likely N-dealkylation sites (tertiary alicyclic amines) is 1. The van der Waals surface area contributed by atoms with Crippen LogP contribution in [0, 0.1) is 0 Å². The lowest BCUT2D eigenvalue weighted by atomic mass is 10.2. The maximum absolute atomic E-state index is 12.1. The van der Waals surface area contributed by atoms with Crippen molar-refractivity contribution < 1.29 is 15.0 Å². The lowest BCUT2D eigenvalue weighted by Crippen LogP contribution is -2.29. The van der Waals surface area contributed by atoms with Gasteiger partial charge in [0.2, 0.25) is 0 Å². The number of thiophene rings is 1. The van der Waals surface area contributed by atoms with Gasteiger partial charge in [0.15, 0.2) is 0 Å². The second-order valence-corrected chi connectivity index (χ2v) is 5.82. The van der Waals surface area contributed by atoms with Crippen LogP contribution < -0.4 is 0 Å². The number of nitrogens with zero attached hydrogens (tertiary/aromatic N) is 1. The van der Waals surface area contributed by atoms with Gasteiger partial charge in [-0.15, -0.1) is 11.3 Å². The molecule has 1 aromatic rings. The third kappa shape index (κ3) is 2.51. The standard InChI is InChI=1S/C12H17NO3S/c1-7(2)10-3-4-11(17-10)12(16)13-5-8(14)9(15)6-13/h3-4,7-9,14-15H,5-6H2,1-2H3. The summed E-state index contributed by atoms with van der Waals surface area (Å²) in [6.45, 7) is 4.61. The van der Waals surface area contributed by atoms with E-state index in [-0.39, 0.29) is 19.0 Å². The Kier molecular flexibility index (Phi) is 3.51. The summed E-state index contributed by atoms with van der Waals surface area (Å²) in [7, 11) is 0. The molecule has 17 heavy (non-hydrogen) atoms. The highest BCUT2D eigenvalue weighted by atomic mass is 32.1. The number of hydrogen-bond acceptors (Lipinski definition) is 4. The molecule has 1 aliphatic rings. The molecule has 1 fully saturated rings. The molecule has 2 unspecified atom stereocenters. The first-order valence-corrected chi connectivity index (χ1v) is 6.56. The molecule has 4 nitrogen and oxygen atoms in total. The van der Waals surface area contributed by atoms with E-state index in [0.717, 1.165) is 0 Å². The van der Waals surface area contributed by atoms with Gasteiger partial charge in [-0.3, -0.25) is 4.79 Å². The van der Waals surface area contributed by atoms with Crippen molar-refractivity contribution in [3.8, 4) is 0 Å². The molecule has 0 saturated carbocycles. The average molecular weight is 255 g/mol. The van der Waals surface area contributed by atoms with Crippen molar-refractivity contribution in [2.24, 2.45) is 0 Å². The molecular formula is C12H17NO3S. The van der Waals surface area contributed by atoms with Crippen molar-refractivity contribution in [1.29, 1.82) is 0 Å². The maximum Gasteiger partial charge on any atom is 0.264 e. The lowest BCUT2D eigenvalue weighted by Gasteiger charge is -2.13. The molecule has 0 aromatic carbocycles. The third-order valence-corrected chi connectivity index (χ3v) is 4.33. The minimum atomic E-state index is -0.816. The van der Waals surface area contributed by atoms with E-state index in [4.69, 9.17) is 0 Å². The fraction of sp³-hybridized carbons (Fsp3) is 0.583. The Morgan fingerprint density at radius 3 is 2.41 bits per heavy atom. The van der Waals surface area contributed by atoms with Crippen molar-refractivity contribution in [2.75, 3.05) is 13.1 Å². The molecule has 5 heteroatoms. The number of amides is 1. The quantitative estimate of drug-likeness (QED) is 0.830. The van der Waals surface area contributed by atoms with Gasteiger partial charge in [0.05, 0.1) is 17.1 Å². The van der Waals surface area contributed by atoms with E-state index in [9.17, 15) is 15.0 Å². The van der Waals surface area contributed by atoms with E-state index in [1.165, 1.54) is 21.1 Å². The first kappa shape index (κ1) is 12.5. The molecule has 0 bridgehead atoms. The van der Waals surface area contributed by atoms with Crippen molar-refractivity contribution in [3.63, 3.8) is 0 Å². The number of β-amino-alcohol motifs (C(OH)–C–C–N with tert-alkyl or cyclic N) is 2. The minimum Gasteiger partial charge on any atom is -0.388 e. The zero-order valence-electron chi connectivity index (χ0n) is 9.96. The molecule has 0 aliphatic carbocycles. The van der Waals surface area contributed by atoms with E-state index in [1.54, 1.807) is 0 Å². The normalized spacial score (nSPS) is 24.6. The van der Waals surface area contributed by atoms with E-state index < -0.39 is 12.2 Å². The Labute approximate surface area is 104 Å². The third-order valence-electron chi connectivity index (χ3n) is 2.95. The first-order valence-electron chi connectivity index (χ1n) is 5.74. The van der Waals surface area contributed by atoms with Gasteiger partial charge in [-0.25, -0.2) is 0 Å². The Bertz CT molecular complexity index is 406. The molecule has 1 saturated heterocycles. The van der Waals surface area contributed by atoms with Gasteiger partial charge < -0.3 is 15.1 Å². The molecule has 1 amide bonds. The Balaban J connectivity index is 2.09. The molecular weight excluding hydrogens is 238 g/mol. The van der Waals surface area contributed by atoms with Crippen LogP contribution in [-0.2, 0) is 0 Å². The first-order chi connectivity index (χ1) is 7.99. The SMILES string of the molecule is CC(C)c1ccc(C(=O)N2CC(O)C(O)C2)s1. The van der Waals surface area contributed by atoms with Crippen LogP contribution in [-0.4, -0.2) is 46.3 Å². The van der Waals surface area contributed by atoms with Gasteiger partial charge in [0, 0.05) is 18.0 Å². The van der Waals surface area contributed by atoms with Crippen LogP contribution >= 0.6 is 11.3 Å². The zero-order chi connectivity index (χ0) is 12.6. The summed E-state index contributed by atoms with van der Waals surface area (Å²) in [4.78, 5) is 15.4. The molecule has 2 rings (SSSR count). The summed E-state index contributed by atoms with van der Waals surface area (Å²) in [5.41, 5.74) is 0. The van der Waals surface area contributed by atoms with Crippen LogP contribution in [0.4, 0.5) is 0 Å². The Morgan fingerprint density at radius 2 is 1.94 bits per heavy atom. The van der Waals surface area contributed by atoms with E-state index in [1.807, 2.05) is 12.1 Å². The van der Waals surface area contributed by atoms with Crippen LogP contribution in [0.15, 0.2) is 12.1 Å². The van der Waals surface area contributed by atoms with Crippen molar-refractivity contribution in [3.05, 3.63) is 21.9 Å². The highest BCUT2D eigenvalue weighted by Crippen LogP contribution is 2.26. The second kappa shape index (κ2) is 4.76. The number of rotatable bonds is 2. The maximum atomic E-state index is 12.1. The summed E-state index contributed by atoms with van der Waals surface area (Å²) < 4.78 is 0. The van der Waals surface area contributed by atoms with Crippen molar-refractivity contribution in [1.82, 2.24) is 4.90 Å². The summed E-state index contributed by atoms with van der Waals surface area (Å²) in [6, 6.07) is 3.78. The van der Waals surface area contributed by atoms with Crippen LogP contribution in [0.1, 0.15) is 34.3 Å². The zero-order valence-corrected chi connectivity index (χ0v) is 10.8. The van der Waals surface area contributed by atoms with E-state index in [2.05, 4.69) is 13.8 Å². The summed E-state index contributed by atoms with van der Waals surface area (Å²) >= 11 is 1.48. The minimum absolute atomic E-state index is 0.0995. The predicted molar refractivity (Wildman–Crippen MR) is 66.3 cm³/mol. The smallest absolute Gasteiger partial charge is 0.264 e. The fourth-order valence-corrected chi connectivity index (χ4v) is 2.85. The second-order valence-electron chi connectivity index (χ2n) is 4.70. The van der Waals surface area contributed by atoms with Gasteiger partial charge in [0.25, 0.3) is 5.91 Å². The highest BCUT2D eigenvalue weighted by Gasteiger charge is 2.33. The molecule has 2 N–H and O–H groups in total. The summed E-state index contributed by atoms with van der Waals surface area (Å²) in [5, 5.41) is 18.8. The van der Waals surface area contributed by atoms with E-state index >= 15 is 0 Å². The molecule has 0 radical (unpaired) electrons. The Morgan fingerprint density at radius 1 is 1.35 bits per heavy atom. The van der Waals surface area contributed by atoms with Crippen LogP contribution in [0.2, 0.25) is 0 Å². The Hall–Kier alpha value is -0.910. The summed E-state index contributed by atoms with van der Waals surface area (Å²) in [5.74, 6) is 0.314. The molecule has 94 valence electrons. The number of aliphatic hydroxyl groups excluding tert-OH is 2. The topological polar surface area (TPSA) is 60.8 Å². The monoisotopic (exact) mass is 255 g/mol. The molecule has 1 aliphatic heterocycles. The fourth-order valence-electron chi connectivity index (χ4n) is 1.87. The number of carbonyl (C=O) groups is 1. The van der Waals surface area contributed by atoms with Gasteiger partial charge in [-0.05, 0) is 18.1 Å². The molecule has 1 aromatic heterocycles. The highest BCUT2D eigenvalue weighted by molar-refractivity contribution is 7.14. The van der Waals surface area contributed by atoms with Gasteiger partial charge in [-0.1, -0.05) is 13.8 Å². The van der Waals surface area contributed by atoms with Gasteiger partial charge in [-0.2, -0.15) is 0 Å². The predicted octanol–water partition coefficient (Wildman–Crippen LogP) is 1.05. The van der Waals surface area contributed by atoms with Crippen molar-refractivity contribution >= 4 is 17.2 Å². The lowest BCUT2D eigenvalue weighted by molar-refractivity contribution is 0.0572. The van der Waals surface area contributed by atoms with Crippen LogP contribution in [0.5, 0.6) is 0 Å². The number of hydrogen-bond donors (Lipinski definition) is 2. The molecule has 2 heterocycles. The molecule has 2 atom stereocenters. The van der Waals surface area contributed by atoms with Crippen LogP contribution in [0.3, 0.4) is 0 Å². The van der Waals surface area contributed by atoms with Gasteiger partial charge in [0.1, 0.15) is 0 Å². The average Bonchev–Trinajstić information content (AvgIpc) is 2.86. The number of carbonyl (C=O) groups excluding carboxylic acids is 1. The van der Waals surface area contributed by atoms with Gasteiger partial charge >= 0.3 is 0 Å². The van der Waals surface area contributed by atoms with E-state index in [0.29, 0.717) is 10.8 Å². The number of aliphatic hydroxyl groups is 2. The van der Waals surface area contributed by atoms with Crippen molar-refractivity contribution in [2.45, 2.75) is 32.0 Å². The molecule has 0 spiro atoms. The van der Waals surface area contributed by atoms with Crippen LogP contribution in [0.25, 0.3) is 0 Å².